The average molecular weight is 334 g/mol. The number of halogens is 2. The Labute approximate surface area is 136 Å². The van der Waals surface area contributed by atoms with Crippen LogP contribution in [0.3, 0.4) is 0 Å². The van der Waals surface area contributed by atoms with Gasteiger partial charge in [0.05, 0.1) is 18.4 Å². The molecule has 4 heterocycles. The summed E-state index contributed by atoms with van der Waals surface area (Å²) in [7, 11) is 0. The maximum Gasteiger partial charge on any atom is 0.289 e. The molecule has 2 saturated heterocycles. The number of aromatic nitrogens is 3. The van der Waals surface area contributed by atoms with Gasteiger partial charge < -0.3 is 20.2 Å². The van der Waals surface area contributed by atoms with Crippen molar-refractivity contribution < 1.29 is 13.6 Å². The minimum Gasteiger partial charge on any atom is -0.353 e. The third-order valence-electron chi connectivity index (χ3n) is 5.01. The number of likely N-dealkylation sites (tertiary alicyclic amines) is 1. The molecule has 2 aliphatic rings. The second-order valence-electron chi connectivity index (χ2n) is 6.23. The zero-order chi connectivity index (χ0) is 16.9. The lowest BCUT2D eigenvalue weighted by Crippen LogP contribution is -2.77. The van der Waals surface area contributed by atoms with Gasteiger partial charge >= 0.3 is 0 Å². The lowest BCUT2D eigenvalue weighted by molar-refractivity contribution is -0.233. The van der Waals surface area contributed by atoms with E-state index in [4.69, 9.17) is 5.41 Å². The van der Waals surface area contributed by atoms with Crippen molar-refractivity contribution in [3.05, 3.63) is 18.6 Å². The number of amides is 1. The lowest BCUT2D eigenvalue weighted by Gasteiger charge is -2.56. The Morgan fingerprint density at radius 1 is 1.42 bits per heavy atom. The Morgan fingerprint density at radius 3 is 3.00 bits per heavy atom. The highest BCUT2D eigenvalue weighted by molar-refractivity contribution is 5.91. The van der Waals surface area contributed by atoms with Gasteiger partial charge in [-0.1, -0.05) is 0 Å². The number of fused-ring (bicyclic) bond motifs is 1. The largest absolute Gasteiger partial charge is 0.353 e. The molecule has 2 N–H and O–H groups in total. The highest BCUT2D eigenvalue weighted by Crippen LogP contribution is 2.51. The average Bonchev–Trinajstić information content (AvgIpc) is 3.21. The summed E-state index contributed by atoms with van der Waals surface area (Å²) >= 11 is 0. The lowest BCUT2D eigenvalue weighted by atomic mass is 9.79. The molecule has 1 unspecified atom stereocenters. The first kappa shape index (κ1) is 15.0. The number of H-pyrrole nitrogens is 1. The molecule has 1 spiro atoms. The fourth-order valence-electron chi connectivity index (χ4n) is 3.73. The molecule has 126 valence electrons. The van der Waals surface area contributed by atoms with Gasteiger partial charge in [0, 0.05) is 25.5 Å². The zero-order valence-corrected chi connectivity index (χ0v) is 12.8. The number of aromatic amines is 1. The van der Waals surface area contributed by atoms with Crippen LogP contribution in [0.4, 0.5) is 14.6 Å². The molecule has 2 aliphatic heterocycles. The van der Waals surface area contributed by atoms with Crippen LogP contribution in [0.2, 0.25) is 0 Å². The first-order valence-electron chi connectivity index (χ1n) is 7.69. The fourth-order valence-corrected chi connectivity index (χ4v) is 3.73. The standard InChI is InChI=1S/C15H16F2N6O/c16-15(17)8-23(11(24)1-4-18)14(15)3-6-22(7-14)13-10-2-5-19-12(10)20-9-21-13/h2,4-5,9,18H,1,3,6-8H2,(H,19,20,21). The van der Waals surface area contributed by atoms with Crippen molar-refractivity contribution in [1.82, 2.24) is 19.9 Å². The molecule has 1 atom stereocenters. The summed E-state index contributed by atoms with van der Waals surface area (Å²) in [6.45, 7) is -0.154. The van der Waals surface area contributed by atoms with Crippen LogP contribution < -0.4 is 4.90 Å². The molecule has 0 bridgehead atoms. The van der Waals surface area contributed by atoms with Crippen molar-refractivity contribution in [3.63, 3.8) is 0 Å². The number of carbonyl (C=O) groups excluding carboxylic acids is 1. The number of alkyl halides is 2. The minimum absolute atomic E-state index is 0.0288. The second kappa shape index (κ2) is 4.96. The predicted octanol–water partition coefficient (Wildman–Crippen LogP) is 1.42. The Morgan fingerprint density at radius 2 is 2.25 bits per heavy atom. The SMILES string of the molecule is N=CCC(=O)N1CC(F)(F)C12CCN(c1ncnc3[nH]ccc13)C2. The second-order valence-corrected chi connectivity index (χ2v) is 6.23. The molecule has 0 radical (unpaired) electrons. The van der Waals surface area contributed by atoms with Crippen molar-refractivity contribution >= 4 is 29.0 Å². The van der Waals surface area contributed by atoms with E-state index in [-0.39, 0.29) is 19.4 Å². The van der Waals surface area contributed by atoms with Gasteiger partial charge in [-0.25, -0.2) is 18.7 Å². The van der Waals surface area contributed by atoms with Crippen LogP contribution in [0.25, 0.3) is 11.0 Å². The molecule has 0 aromatic carbocycles. The summed E-state index contributed by atoms with van der Waals surface area (Å²) < 4.78 is 28.8. The number of hydrogen-bond donors (Lipinski definition) is 2. The van der Waals surface area contributed by atoms with Gasteiger partial charge in [0.15, 0.2) is 0 Å². The monoisotopic (exact) mass is 334 g/mol. The number of rotatable bonds is 3. The van der Waals surface area contributed by atoms with Crippen molar-refractivity contribution in [2.45, 2.75) is 24.3 Å². The van der Waals surface area contributed by atoms with Crippen LogP contribution in [0.5, 0.6) is 0 Å². The molecular weight excluding hydrogens is 318 g/mol. The topological polar surface area (TPSA) is 89.0 Å². The Balaban J connectivity index is 1.66. The Hall–Kier alpha value is -2.58. The summed E-state index contributed by atoms with van der Waals surface area (Å²) in [5, 5.41) is 7.81. The number of nitrogens with one attached hydrogen (secondary N) is 2. The molecule has 1 amide bonds. The van der Waals surface area contributed by atoms with Crippen LogP contribution in [-0.2, 0) is 4.79 Å². The summed E-state index contributed by atoms with van der Waals surface area (Å²) in [4.78, 5) is 26.4. The van der Waals surface area contributed by atoms with Crippen molar-refractivity contribution in [2.75, 3.05) is 24.5 Å². The minimum atomic E-state index is -2.93. The number of nitrogens with zero attached hydrogens (tertiary/aromatic N) is 4. The third-order valence-corrected chi connectivity index (χ3v) is 5.01. The Bertz CT molecular complexity index is 821. The van der Waals surface area contributed by atoms with E-state index in [0.717, 1.165) is 11.6 Å². The first-order valence-corrected chi connectivity index (χ1v) is 7.69. The summed E-state index contributed by atoms with van der Waals surface area (Å²) in [5.74, 6) is -2.75. The van der Waals surface area contributed by atoms with Gasteiger partial charge in [-0.05, 0) is 12.5 Å². The van der Waals surface area contributed by atoms with E-state index in [1.165, 1.54) is 11.2 Å². The molecule has 2 aromatic heterocycles. The summed E-state index contributed by atoms with van der Waals surface area (Å²) in [5.41, 5.74) is -0.848. The highest BCUT2D eigenvalue weighted by Gasteiger charge is 2.70. The zero-order valence-electron chi connectivity index (χ0n) is 12.8. The van der Waals surface area contributed by atoms with E-state index in [0.29, 0.717) is 18.0 Å². The molecular formula is C15H16F2N6O. The van der Waals surface area contributed by atoms with E-state index in [9.17, 15) is 13.6 Å². The normalized spacial score (nSPS) is 25.2. The number of carbonyl (C=O) groups is 1. The van der Waals surface area contributed by atoms with Crippen molar-refractivity contribution in [1.29, 1.82) is 5.41 Å². The van der Waals surface area contributed by atoms with Gasteiger partial charge in [-0.15, -0.1) is 0 Å². The summed E-state index contributed by atoms with van der Waals surface area (Å²) in [6, 6.07) is 1.81. The molecule has 0 saturated carbocycles. The van der Waals surface area contributed by atoms with Gasteiger partial charge in [0.25, 0.3) is 5.92 Å². The maximum atomic E-state index is 14.4. The summed E-state index contributed by atoms with van der Waals surface area (Å²) in [6.07, 6.45) is 4.11. The van der Waals surface area contributed by atoms with E-state index in [1.54, 1.807) is 11.1 Å². The van der Waals surface area contributed by atoms with E-state index >= 15 is 0 Å². The quantitative estimate of drug-likeness (QED) is 0.831. The van der Waals surface area contributed by atoms with Crippen LogP contribution in [-0.4, -0.2) is 63.1 Å². The maximum absolute atomic E-state index is 14.4. The molecule has 9 heteroatoms. The molecule has 24 heavy (non-hydrogen) atoms. The van der Waals surface area contributed by atoms with Gasteiger partial charge in [-0.2, -0.15) is 0 Å². The number of anilines is 1. The van der Waals surface area contributed by atoms with Crippen LogP contribution in [0.1, 0.15) is 12.8 Å². The molecule has 2 fully saturated rings. The van der Waals surface area contributed by atoms with Crippen LogP contribution in [0.15, 0.2) is 18.6 Å². The van der Waals surface area contributed by atoms with Crippen LogP contribution >= 0.6 is 0 Å². The van der Waals surface area contributed by atoms with Gasteiger partial charge in [-0.3, -0.25) is 4.79 Å². The predicted molar refractivity (Wildman–Crippen MR) is 83.5 cm³/mol. The van der Waals surface area contributed by atoms with Gasteiger partial charge in [0.2, 0.25) is 5.91 Å². The molecule has 0 aliphatic carbocycles. The van der Waals surface area contributed by atoms with Crippen LogP contribution in [0, 0.1) is 5.41 Å². The van der Waals surface area contributed by atoms with Crippen molar-refractivity contribution in [3.8, 4) is 0 Å². The molecule has 2 aromatic rings. The van der Waals surface area contributed by atoms with E-state index in [2.05, 4.69) is 15.0 Å². The third kappa shape index (κ3) is 1.87. The Kier molecular flexibility index (Phi) is 3.09. The smallest absolute Gasteiger partial charge is 0.289 e. The van der Waals surface area contributed by atoms with E-state index < -0.39 is 23.9 Å². The molecule has 7 nitrogen and oxygen atoms in total. The fraction of sp³-hybridized carbons (Fsp3) is 0.467. The molecule has 4 rings (SSSR count). The number of hydrogen-bond acceptors (Lipinski definition) is 5. The van der Waals surface area contributed by atoms with E-state index in [1.807, 2.05) is 6.07 Å². The first-order chi connectivity index (χ1) is 11.5. The van der Waals surface area contributed by atoms with Gasteiger partial charge in [0.1, 0.15) is 23.3 Å². The van der Waals surface area contributed by atoms with Crippen molar-refractivity contribution in [2.24, 2.45) is 0 Å². The highest BCUT2D eigenvalue weighted by atomic mass is 19.3.